The number of carbonyl (C=O) groups excluding carboxylic acids is 2. The summed E-state index contributed by atoms with van der Waals surface area (Å²) in [4.78, 5) is 23.0. The topological polar surface area (TPSA) is 75.6 Å². The number of hydrogen-bond donors (Lipinski definition) is 2. The van der Waals surface area contributed by atoms with E-state index < -0.39 is 0 Å². The number of carbonyl (C=O) groups is 2. The van der Waals surface area contributed by atoms with Gasteiger partial charge in [-0.1, -0.05) is 36.4 Å². The number of esters is 1. The van der Waals surface area contributed by atoms with Gasteiger partial charge in [-0.25, -0.2) is 4.79 Å². The van der Waals surface area contributed by atoms with Crippen molar-refractivity contribution >= 4 is 17.4 Å². The zero-order valence-electron chi connectivity index (χ0n) is 17.4. The predicted octanol–water partition coefficient (Wildman–Crippen LogP) is 4.89. The molecule has 3 rings (SSSR count). The summed E-state index contributed by atoms with van der Waals surface area (Å²) in [6, 6.07) is 19.1. The van der Waals surface area contributed by atoms with Crippen LogP contribution >= 0.6 is 0 Å². The van der Waals surface area contributed by atoms with Crippen LogP contribution in [-0.2, 0) is 17.7 Å². The molecule has 0 fully saturated rings. The number of ketones is 1. The number of aromatic hydroxyl groups is 1. The lowest BCUT2D eigenvalue weighted by Crippen LogP contribution is -2.03. The van der Waals surface area contributed by atoms with Gasteiger partial charge in [-0.15, -0.1) is 0 Å². The van der Waals surface area contributed by atoms with Crippen molar-refractivity contribution in [3.8, 4) is 5.75 Å². The number of phenolic OH excluding ortho intramolecular Hbond substituents is 1. The monoisotopic (exact) mass is 403 g/mol. The first kappa shape index (κ1) is 21.1. The van der Waals surface area contributed by atoms with E-state index in [0.29, 0.717) is 23.2 Å². The molecule has 0 spiro atoms. The number of hydrogen-bond acceptors (Lipinski definition) is 5. The van der Waals surface area contributed by atoms with Crippen LogP contribution in [0.2, 0.25) is 0 Å². The molecule has 0 aliphatic rings. The van der Waals surface area contributed by atoms with Crippen molar-refractivity contribution in [2.45, 2.75) is 26.8 Å². The molecule has 0 heterocycles. The number of ether oxygens (including phenoxy) is 1. The largest absolute Gasteiger partial charge is 0.507 e. The molecular weight excluding hydrogens is 378 g/mol. The van der Waals surface area contributed by atoms with Crippen molar-refractivity contribution in [3.63, 3.8) is 0 Å². The van der Waals surface area contributed by atoms with Gasteiger partial charge in [-0.3, -0.25) is 4.79 Å². The molecule has 2 N–H and O–H groups in total. The number of benzene rings is 3. The van der Waals surface area contributed by atoms with Gasteiger partial charge in [0.2, 0.25) is 0 Å². The summed E-state index contributed by atoms with van der Waals surface area (Å²) in [6.07, 6.45) is 0.772. The van der Waals surface area contributed by atoms with E-state index in [1.807, 2.05) is 18.2 Å². The summed E-state index contributed by atoms with van der Waals surface area (Å²) in [5.74, 6) is -0.461. The van der Waals surface area contributed by atoms with E-state index in [2.05, 4.69) is 29.6 Å². The smallest absolute Gasteiger partial charge is 0.337 e. The Balaban J connectivity index is 1.62. The number of rotatable bonds is 7. The van der Waals surface area contributed by atoms with Crippen LogP contribution in [0.1, 0.15) is 49.9 Å². The van der Waals surface area contributed by atoms with Crippen molar-refractivity contribution in [3.05, 3.63) is 94.0 Å². The molecule has 0 aliphatic heterocycles. The molecule has 3 aromatic rings. The molecule has 5 nitrogen and oxygen atoms in total. The summed E-state index contributed by atoms with van der Waals surface area (Å²) in [6.45, 7) is 3.84. The Morgan fingerprint density at radius 2 is 1.47 bits per heavy atom. The summed E-state index contributed by atoms with van der Waals surface area (Å²) in [5, 5.41) is 13.5. The van der Waals surface area contributed by atoms with Gasteiger partial charge < -0.3 is 15.2 Å². The second-order valence-corrected chi connectivity index (χ2v) is 7.23. The summed E-state index contributed by atoms with van der Waals surface area (Å²) < 4.78 is 4.72. The molecule has 0 unspecified atom stereocenters. The summed E-state index contributed by atoms with van der Waals surface area (Å²) in [5.41, 5.74) is 5.73. The number of anilines is 1. The second-order valence-electron chi connectivity index (χ2n) is 7.23. The minimum Gasteiger partial charge on any atom is -0.507 e. The highest BCUT2D eigenvalue weighted by Crippen LogP contribution is 2.29. The Bertz CT molecular complexity index is 1050. The normalized spacial score (nSPS) is 10.5. The maximum absolute atomic E-state index is 11.5. The Labute approximate surface area is 176 Å². The Hall–Kier alpha value is -3.60. The zero-order chi connectivity index (χ0) is 21.7. The highest BCUT2D eigenvalue weighted by Gasteiger charge is 2.12. The van der Waals surface area contributed by atoms with Gasteiger partial charge in [-0.05, 0) is 61.2 Å². The van der Waals surface area contributed by atoms with Crippen LogP contribution in [0.25, 0.3) is 0 Å². The molecular formula is C25H25NO4. The van der Waals surface area contributed by atoms with Gasteiger partial charge in [0.25, 0.3) is 0 Å². The Morgan fingerprint density at radius 3 is 2.03 bits per heavy atom. The molecule has 0 aliphatic carbocycles. The van der Waals surface area contributed by atoms with Crippen LogP contribution in [0.5, 0.6) is 5.75 Å². The quantitative estimate of drug-likeness (QED) is 0.434. The first-order valence-corrected chi connectivity index (χ1v) is 9.71. The fourth-order valence-corrected chi connectivity index (χ4v) is 3.26. The lowest BCUT2D eigenvalue weighted by atomic mass is 10.0. The molecule has 3 aromatic carbocycles. The molecule has 0 saturated heterocycles. The molecule has 0 aromatic heterocycles. The minimum atomic E-state index is -0.335. The molecule has 0 radical (unpaired) electrons. The lowest BCUT2D eigenvalue weighted by Gasteiger charge is -2.13. The van der Waals surface area contributed by atoms with Crippen LogP contribution in [0.4, 0.5) is 5.69 Å². The average Bonchev–Trinajstić information content (AvgIpc) is 2.75. The van der Waals surface area contributed by atoms with Crippen LogP contribution in [-0.4, -0.2) is 24.0 Å². The Kier molecular flexibility index (Phi) is 6.52. The van der Waals surface area contributed by atoms with Crippen molar-refractivity contribution in [2.75, 3.05) is 12.4 Å². The maximum atomic E-state index is 11.5. The molecule has 0 bridgehead atoms. The third-order valence-electron chi connectivity index (χ3n) is 5.10. The van der Waals surface area contributed by atoms with Crippen LogP contribution in [0.15, 0.2) is 60.7 Å². The summed E-state index contributed by atoms with van der Waals surface area (Å²) in [7, 11) is 1.37. The van der Waals surface area contributed by atoms with Gasteiger partial charge >= 0.3 is 5.97 Å². The molecule has 0 saturated carbocycles. The Morgan fingerprint density at radius 1 is 0.900 bits per heavy atom. The van der Waals surface area contributed by atoms with Crippen molar-refractivity contribution in [2.24, 2.45) is 0 Å². The molecule has 5 heteroatoms. The number of Topliss-reactive ketones (excluding diaryl/α,β-unsaturated/α-hetero) is 1. The van der Waals surface area contributed by atoms with Gasteiger partial charge in [0.05, 0.1) is 18.2 Å². The number of phenols is 1. The third kappa shape index (κ3) is 4.87. The molecule has 154 valence electrons. The average molecular weight is 403 g/mol. The van der Waals surface area contributed by atoms with Crippen molar-refractivity contribution in [1.29, 1.82) is 0 Å². The van der Waals surface area contributed by atoms with E-state index in [1.54, 1.807) is 25.1 Å². The number of methoxy groups -OCH3 is 1. The highest BCUT2D eigenvalue weighted by molar-refractivity contribution is 5.97. The van der Waals surface area contributed by atoms with E-state index in [0.717, 1.165) is 23.2 Å². The molecule has 0 amide bonds. The molecule has 30 heavy (non-hydrogen) atoms. The SMILES string of the molecule is COC(=O)c1ccc(Cc2ccc(CNc3ccc(C(C)=O)c(O)c3C)cc2)cc1. The van der Waals surface area contributed by atoms with Crippen LogP contribution < -0.4 is 5.32 Å². The van der Waals surface area contributed by atoms with E-state index in [9.17, 15) is 14.7 Å². The lowest BCUT2D eigenvalue weighted by molar-refractivity contribution is 0.0600. The fraction of sp³-hybridized carbons (Fsp3) is 0.200. The van der Waals surface area contributed by atoms with Crippen molar-refractivity contribution < 1.29 is 19.4 Å². The van der Waals surface area contributed by atoms with E-state index in [1.165, 1.54) is 19.6 Å². The minimum absolute atomic E-state index is 0.0288. The highest BCUT2D eigenvalue weighted by atomic mass is 16.5. The van der Waals surface area contributed by atoms with E-state index >= 15 is 0 Å². The fourth-order valence-electron chi connectivity index (χ4n) is 3.26. The second kappa shape index (κ2) is 9.27. The van der Waals surface area contributed by atoms with Gasteiger partial charge in [0.1, 0.15) is 5.75 Å². The molecule has 0 atom stereocenters. The zero-order valence-corrected chi connectivity index (χ0v) is 17.4. The van der Waals surface area contributed by atoms with Crippen LogP contribution in [0, 0.1) is 6.92 Å². The predicted molar refractivity (Wildman–Crippen MR) is 117 cm³/mol. The third-order valence-corrected chi connectivity index (χ3v) is 5.10. The van der Waals surface area contributed by atoms with E-state index in [-0.39, 0.29) is 17.5 Å². The summed E-state index contributed by atoms with van der Waals surface area (Å²) >= 11 is 0. The standard InChI is InChI=1S/C25H25NO4/c1-16-23(13-12-22(17(2)27)24(16)28)26-15-20-6-4-18(5-7-20)14-19-8-10-21(11-9-19)25(29)30-3/h4-13,26,28H,14-15H2,1-3H3. The number of nitrogens with one attached hydrogen (secondary N) is 1. The van der Waals surface area contributed by atoms with Gasteiger partial charge in [0, 0.05) is 17.8 Å². The maximum Gasteiger partial charge on any atom is 0.337 e. The van der Waals surface area contributed by atoms with Crippen LogP contribution in [0.3, 0.4) is 0 Å². The van der Waals surface area contributed by atoms with Gasteiger partial charge in [-0.2, -0.15) is 0 Å². The first-order chi connectivity index (χ1) is 14.4. The first-order valence-electron chi connectivity index (χ1n) is 9.71. The van der Waals surface area contributed by atoms with E-state index in [4.69, 9.17) is 4.74 Å². The van der Waals surface area contributed by atoms with Gasteiger partial charge in [0.15, 0.2) is 5.78 Å². The van der Waals surface area contributed by atoms with Crippen molar-refractivity contribution in [1.82, 2.24) is 0 Å².